The summed E-state index contributed by atoms with van der Waals surface area (Å²) in [5, 5.41) is 1.93. The third kappa shape index (κ3) is 3.92. The van der Waals surface area contributed by atoms with Crippen LogP contribution < -0.4 is 4.90 Å². The van der Waals surface area contributed by atoms with E-state index in [1.807, 2.05) is 26.0 Å². The Morgan fingerprint density at radius 3 is 2.64 bits per heavy atom. The third-order valence-corrected chi connectivity index (χ3v) is 8.56. The molecule has 0 unspecified atom stereocenters. The number of anilines is 1. The van der Waals surface area contributed by atoms with Crippen LogP contribution in [0.15, 0.2) is 41.4 Å². The van der Waals surface area contributed by atoms with Crippen LogP contribution in [0.1, 0.15) is 16.7 Å². The van der Waals surface area contributed by atoms with E-state index in [2.05, 4.69) is 23.1 Å². The molecule has 2 aromatic rings. The zero-order valence-electron chi connectivity index (χ0n) is 15.5. The van der Waals surface area contributed by atoms with E-state index in [0.717, 1.165) is 27.5 Å². The van der Waals surface area contributed by atoms with Gasteiger partial charge in [0.15, 0.2) is 15.0 Å². The first kappa shape index (κ1) is 20.1. The van der Waals surface area contributed by atoms with E-state index in [4.69, 9.17) is 28.2 Å². The molecule has 0 radical (unpaired) electrons. The van der Waals surface area contributed by atoms with Crippen molar-refractivity contribution >= 4 is 55.7 Å². The third-order valence-electron chi connectivity index (χ3n) is 5.08. The Bertz CT molecular complexity index is 1070. The molecule has 2 aliphatic rings. The maximum absolute atomic E-state index is 12.2. The molecule has 2 aliphatic heterocycles. The van der Waals surface area contributed by atoms with E-state index < -0.39 is 9.84 Å². The molecule has 28 heavy (non-hydrogen) atoms. The van der Waals surface area contributed by atoms with Crippen molar-refractivity contribution in [2.45, 2.75) is 31.7 Å². The van der Waals surface area contributed by atoms with E-state index in [-0.39, 0.29) is 23.6 Å². The summed E-state index contributed by atoms with van der Waals surface area (Å²) in [6.07, 6.45) is 0. The van der Waals surface area contributed by atoms with Crippen LogP contribution in [0.2, 0.25) is 10.0 Å². The summed E-state index contributed by atoms with van der Waals surface area (Å²) in [5.41, 5.74) is 4.33. The van der Waals surface area contributed by atoms with Gasteiger partial charge in [0.2, 0.25) is 0 Å². The summed E-state index contributed by atoms with van der Waals surface area (Å²) in [5.74, 6) is 0.949. The predicted molar refractivity (Wildman–Crippen MR) is 120 cm³/mol. The monoisotopic (exact) mass is 454 g/mol. The van der Waals surface area contributed by atoms with Crippen LogP contribution in [-0.2, 0) is 15.6 Å². The molecular weight excluding hydrogens is 435 g/mol. The van der Waals surface area contributed by atoms with E-state index in [1.165, 1.54) is 0 Å². The second-order valence-electron chi connectivity index (χ2n) is 7.32. The van der Waals surface area contributed by atoms with Gasteiger partial charge in [-0.05, 0) is 48.7 Å². The highest BCUT2D eigenvalue weighted by molar-refractivity contribution is 8.13. The van der Waals surface area contributed by atoms with Gasteiger partial charge >= 0.3 is 0 Å². The number of amidine groups is 1. The van der Waals surface area contributed by atoms with E-state index >= 15 is 0 Å². The number of aryl methyl sites for hydroxylation is 2. The lowest BCUT2D eigenvalue weighted by Gasteiger charge is -2.28. The van der Waals surface area contributed by atoms with Gasteiger partial charge in [0.05, 0.1) is 33.6 Å². The number of fused-ring (bicyclic) bond motifs is 1. The Labute approximate surface area is 179 Å². The number of hydrogen-bond acceptors (Lipinski definition) is 5. The predicted octanol–water partition coefficient (Wildman–Crippen LogP) is 4.89. The number of nitrogens with zero attached hydrogens (tertiary/aromatic N) is 2. The van der Waals surface area contributed by atoms with Crippen molar-refractivity contribution < 1.29 is 8.42 Å². The first-order valence-electron chi connectivity index (χ1n) is 8.95. The summed E-state index contributed by atoms with van der Waals surface area (Å²) < 4.78 is 24.4. The maximum atomic E-state index is 12.2. The number of sulfone groups is 1. The second kappa shape index (κ2) is 7.56. The minimum absolute atomic E-state index is 0.121. The fraction of sp³-hybridized carbons (Fsp3) is 0.350. The second-order valence-corrected chi connectivity index (χ2v) is 11.2. The molecule has 1 saturated heterocycles. The average molecular weight is 455 g/mol. The number of rotatable bonds is 3. The molecule has 0 aromatic heterocycles. The number of thioether (sulfide) groups is 1. The van der Waals surface area contributed by atoms with Gasteiger partial charge in [-0.25, -0.2) is 8.42 Å². The van der Waals surface area contributed by atoms with Crippen molar-refractivity contribution in [3.8, 4) is 0 Å². The van der Waals surface area contributed by atoms with Gasteiger partial charge in [0.1, 0.15) is 0 Å². The van der Waals surface area contributed by atoms with Gasteiger partial charge in [-0.1, -0.05) is 53.2 Å². The van der Waals surface area contributed by atoms with Crippen molar-refractivity contribution in [3.63, 3.8) is 0 Å². The molecule has 148 valence electrons. The molecule has 0 N–H and O–H groups in total. The molecule has 0 aliphatic carbocycles. The van der Waals surface area contributed by atoms with Crippen molar-refractivity contribution in [1.29, 1.82) is 0 Å². The van der Waals surface area contributed by atoms with Gasteiger partial charge in [-0.15, -0.1) is 0 Å². The van der Waals surface area contributed by atoms with Crippen molar-refractivity contribution in [2.24, 2.45) is 4.99 Å². The molecule has 2 atom stereocenters. The fourth-order valence-electron chi connectivity index (χ4n) is 3.67. The molecule has 4 rings (SSSR count). The molecule has 0 amide bonds. The average Bonchev–Trinajstić information content (AvgIpc) is 3.09. The van der Waals surface area contributed by atoms with E-state index in [1.54, 1.807) is 17.8 Å². The molecular formula is C20H20Cl2N2O2S2. The molecule has 4 nitrogen and oxygen atoms in total. The van der Waals surface area contributed by atoms with Crippen LogP contribution in [0, 0.1) is 13.8 Å². The van der Waals surface area contributed by atoms with Crippen LogP contribution >= 0.6 is 35.0 Å². The number of aliphatic imine (C=N–C) groups is 1. The summed E-state index contributed by atoms with van der Waals surface area (Å²) in [6, 6.07) is 11.5. The normalized spacial score (nSPS) is 23.0. The minimum atomic E-state index is -3.06. The molecule has 0 bridgehead atoms. The van der Waals surface area contributed by atoms with Gasteiger partial charge in [0.25, 0.3) is 0 Å². The smallest absolute Gasteiger partial charge is 0.164 e. The zero-order valence-corrected chi connectivity index (χ0v) is 18.7. The fourth-order valence-corrected chi connectivity index (χ4v) is 6.89. The maximum Gasteiger partial charge on any atom is 0.164 e. The summed E-state index contributed by atoms with van der Waals surface area (Å²) in [7, 11) is -3.06. The van der Waals surface area contributed by atoms with Crippen LogP contribution in [-0.4, -0.2) is 37.2 Å². The van der Waals surface area contributed by atoms with Gasteiger partial charge in [0, 0.05) is 11.4 Å². The molecule has 8 heteroatoms. The summed E-state index contributed by atoms with van der Waals surface area (Å²) in [4.78, 5) is 6.92. The topological polar surface area (TPSA) is 49.7 Å². The quantitative estimate of drug-likeness (QED) is 0.662. The van der Waals surface area contributed by atoms with Gasteiger partial charge < -0.3 is 4.90 Å². The Balaban J connectivity index is 1.65. The Hall–Kier alpha value is -1.21. The lowest BCUT2D eigenvalue weighted by Crippen LogP contribution is -2.39. The van der Waals surface area contributed by atoms with Crippen molar-refractivity contribution in [2.75, 3.05) is 16.4 Å². The van der Waals surface area contributed by atoms with E-state index in [9.17, 15) is 8.42 Å². The SMILES string of the molecule is Cc1ccc(C)c(N2C(SCc3ccc(Cl)c(Cl)c3)=N[C@@H]3CS(=O)(=O)C[C@@H]32)c1. The lowest BCUT2D eigenvalue weighted by molar-refractivity contribution is 0.601. The summed E-state index contributed by atoms with van der Waals surface area (Å²) >= 11 is 13.7. The number of benzene rings is 2. The zero-order chi connectivity index (χ0) is 20.1. The van der Waals surface area contributed by atoms with Crippen LogP contribution in [0.5, 0.6) is 0 Å². The number of halogens is 2. The Morgan fingerprint density at radius 1 is 1.11 bits per heavy atom. The van der Waals surface area contributed by atoms with Crippen LogP contribution in [0.25, 0.3) is 0 Å². The van der Waals surface area contributed by atoms with Crippen molar-refractivity contribution in [1.82, 2.24) is 0 Å². The highest BCUT2D eigenvalue weighted by atomic mass is 35.5. The molecule has 2 heterocycles. The lowest BCUT2D eigenvalue weighted by atomic mass is 10.1. The van der Waals surface area contributed by atoms with E-state index in [0.29, 0.717) is 15.8 Å². The Morgan fingerprint density at radius 2 is 1.89 bits per heavy atom. The highest BCUT2D eigenvalue weighted by Crippen LogP contribution is 2.38. The molecule has 2 aromatic carbocycles. The van der Waals surface area contributed by atoms with Gasteiger partial charge in [-0.3, -0.25) is 4.99 Å². The standard InChI is InChI=1S/C20H20Cl2N2O2S2/c1-12-3-4-13(2)18(7-12)24-19-11-28(25,26)10-17(19)23-20(24)27-9-14-5-6-15(21)16(22)8-14/h3-8,17,19H,9-11H2,1-2H3/t17-,19+/m1/s1. The molecule has 1 fully saturated rings. The summed E-state index contributed by atoms with van der Waals surface area (Å²) in [6.45, 7) is 4.09. The number of hydrogen-bond donors (Lipinski definition) is 0. The highest BCUT2D eigenvalue weighted by Gasteiger charge is 2.47. The minimum Gasteiger partial charge on any atom is -0.315 e. The van der Waals surface area contributed by atoms with Gasteiger partial charge in [-0.2, -0.15) is 0 Å². The molecule has 0 spiro atoms. The van der Waals surface area contributed by atoms with Crippen molar-refractivity contribution in [3.05, 3.63) is 63.1 Å². The largest absolute Gasteiger partial charge is 0.315 e. The Kier molecular flexibility index (Phi) is 5.42. The van der Waals surface area contributed by atoms with Crippen LogP contribution in [0.4, 0.5) is 5.69 Å². The van der Waals surface area contributed by atoms with Crippen LogP contribution in [0.3, 0.4) is 0 Å². The molecule has 0 saturated carbocycles. The first-order valence-corrected chi connectivity index (χ1v) is 12.5. The first-order chi connectivity index (χ1) is 13.2.